The van der Waals surface area contributed by atoms with E-state index >= 15 is 0 Å². The molecular formula is C6H9NO4. The summed E-state index contributed by atoms with van der Waals surface area (Å²) >= 11 is 0. The number of hydrogen-bond donors (Lipinski definition) is 2. The van der Waals surface area contributed by atoms with Gasteiger partial charge < -0.3 is 15.2 Å². The van der Waals surface area contributed by atoms with E-state index in [2.05, 4.69) is 10.1 Å². The van der Waals surface area contributed by atoms with Crippen LogP contribution in [0.5, 0.6) is 0 Å². The van der Waals surface area contributed by atoms with Crippen LogP contribution >= 0.6 is 0 Å². The van der Waals surface area contributed by atoms with Crippen LogP contribution in [-0.4, -0.2) is 29.8 Å². The lowest BCUT2D eigenvalue weighted by Crippen LogP contribution is -2.26. The number of nitrogens with one attached hydrogen (secondary N) is 1. The average Bonchev–Trinajstić information content (AvgIpc) is 2.31. The predicted octanol–water partition coefficient (Wildman–Crippen LogP) is -0.0404. The fraction of sp³-hybridized carbons (Fsp3) is 0.667. The quantitative estimate of drug-likeness (QED) is 0.605. The number of rotatable bonds is 3. The molecule has 2 N–H and O–H groups in total. The summed E-state index contributed by atoms with van der Waals surface area (Å²) in [5.41, 5.74) is 0. The second kappa shape index (κ2) is 3.23. The van der Waals surface area contributed by atoms with Gasteiger partial charge in [-0.1, -0.05) is 0 Å². The molecule has 1 aliphatic heterocycles. The molecule has 0 aromatic heterocycles. The van der Waals surface area contributed by atoms with Gasteiger partial charge in [-0.15, -0.1) is 0 Å². The van der Waals surface area contributed by atoms with Crippen LogP contribution in [0.15, 0.2) is 0 Å². The molecule has 1 saturated heterocycles. The molecule has 0 bridgehead atoms. The molecule has 0 aromatic carbocycles. The Morgan fingerprint density at radius 3 is 3.00 bits per heavy atom. The topological polar surface area (TPSA) is 75.6 Å². The van der Waals surface area contributed by atoms with Crippen LogP contribution in [0.4, 0.5) is 4.79 Å². The van der Waals surface area contributed by atoms with E-state index in [9.17, 15) is 9.59 Å². The maximum Gasteiger partial charge on any atom is 0.407 e. The van der Waals surface area contributed by atoms with Gasteiger partial charge in [0.1, 0.15) is 6.61 Å². The number of carbonyl (C=O) groups excluding carboxylic acids is 1. The first-order valence-corrected chi connectivity index (χ1v) is 3.33. The minimum Gasteiger partial charge on any atom is -0.481 e. The molecule has 0 saturated carbocycles. The number of ether oxygens (including phenoxy) is 1. The molecule has 11 heavy (non-hydrogen) atoms. The van der Waals surface area contributed by atoms with Gasteiger partial charge in [0.2, 0.25) is 0 Å². The van der Waals surface area contributed by atoms with Crippen molar-refractivity contribution < 1.29 is 19.4 Å². The van der Waals surface area contributed by atoms with Gasteiger partial charge in [-0.3, -0.25) is 4.79 Å². The third-order valence-corrected chi connectivity index (χ3v) is 1.44. The first-order chi connectivity index (χ1) is 5.18. The van der Waals surface area contributed by atoms with Gasteiger partial charge in [-0.2, -0.15) is 0 Å². The molecule has 1 heterocycles. The third kappa shape index (κ3) is 2.45. The number of aliphatic carboxylic acids is 1. The van der Waals surface area contributed by atoms with Crippen LogP contribution in [-0.2, 0) is 9.53 Å². The summed E-state index contributed by atoms with van der Waals surface area (Å²) in [5, 5.41) is 10.8. The molecule has 1 amide bonds. The van der Waals surface area contributed by atoms with Crippen LogP contribution in [0, 0.1) is 0 Å². The van der Waals surface area contributed by atoms with Crippen molar-refractivity contribution in [2.24, 2.45) is 0 Å². The van der Waals surface area contributed by atoms with E-state index in [0.717, 1.165) is 0 Å². The highest BCUT2D eigenvalue weighted by atomic mass is 16.6. The highest BCUT2D eigenvalue weighted by Crippen LogP contribution is 2.04. The van der Waals surface area contributed by atoms with Crippen molar-refractivity contribution in [2.75, 3.05) is 6.61 Å². The lowest BCUT2D eigenvalue weighted by atomic mass is 10.2. The average molecular weight is 159 g/mol. The smallest absolute Gasteiger partial charge is 0.407 e. The molecule has 1 atom stereocenters. The molecule has 0 aliphatic carbocycles. The van der Waals surface area contributed by atoms with Crippen LogP contribution < -0.4 is 5.32 Å². The Bertz CT molecular complexity index is 179. The Morgan fingerprint density at radius 1 is 1.82 bits per heavy atom. The molecule has 1 fully saturated rings. The van der Waals surface area contributed by atoms with Crippen molar-refractivity contribution in [1.29, 1.82) is 0 Å². The first-order valence-electron chi connectivity index (χ1n) is 3.33. The third-order valence-electron chi connectivity index (χ3n) is 1.44. The van der Waals surface area contributed by atoms with E-state index in [0.29, 0.717) is 6.42 Å². The molecule has 1 rings (SSSR count). The summed E-state index contributed by atoms with van der Waals surface area (Å²) in [4.78, 5) is 20.5. The van der Waals surface area contributed by atoms with Crippen molar-refractivity contribution in [3.63, 3.8) is 0 Å². The second-order valence-corrected chi connectivity index (χ2v) is 2.37. The van der Waals surface area contributed by atoms with Gasteiger partial charge in [0, 0.05) is 6.42 Å². The summed E-state index contributed by atoms with van der Waals surface area (Å²) in [5.74, 6) is -0.855. The number of hydrogen-bond acceptors (Lipinski definition) is 3. The van der Waals surface area contributed by atoms with E-state index in [-0.39, 0.29) is 19.1 Å². The SMILES string of the molecule is O=C(O)CC[C@@H]1COC(=O)N1. The van der Waals surface area contributed by atoms with Gasteiger partial charge in [0.15, 0.2) is 0 Å². The van der Waals surface area contributed by atoms with E-state index in [1.807, 2.05) is 0 Å². The summed E-state index contributed by atoms with van der Waals surface area (Å²) in [7, 11) is 0. The molecule has 0 aromatic rings. The standard InChI is InChI=1S/C6H9NO4/c8-5(9)2-1-4-3-11-6(10)7-4/h4H,1-3H2,(H,7,10)(H,8,9)/t4-/m1/s1. The Labute approximate surface area is 63.3 Å². The van der Waals surface area contributed by atoms with Crippen molar-refractivity contribution in [3.05, 3.63) is 0 Å². The fourth-order valence-electron chi connectivity index (χ4n) is 0.879. The van der Waals surface area contributed by atoms with Crippen LogP contribution in [0.25, 0.3) is 0 Å². The minimum absolute atomic E-state index is 0.0638. The van der Waals surface area contributed by atoms with E-state index in [1.54, 1.807) is 0 Å². The van der Waals surface area contributed by atoms with Gasteiger partial charge >= 0.3 is 12.1 Å². The van der Waals surface area contributed by atoms with E-state index in [1.165, 1.54) is 0 Å². The van der Waals surface area contributed by atoms with E-state index in [4.69, 9.17) is 5.11 Å². The number of carbonyl (C=O) groups is 2. The summed E-state index contributed by atoms with van der Waals surface area (Å²) in [6.07, 6.45) is 0.0374. The Hall–Kier alpha value is -1.26. The molecule has 0 radical (unpaired) electrons. The first kappa shape index (κ1) is 7.84. The molecular weight excluding hydrogens is 150 g/mol. The number of amides is 1. The maximum absolute atomic E-state index is 10.4. The zero-order valence-electron chi connectivity index (χ0n) is 5.87. The summed E-state index contributed by atoms with van der Waals surface area (Å²) in [6.45, 7) is 0.284. The zero-order valence-corrected chi connectivity index (χ0v) is 5.87. The molecule has 0 spiro atoms. The van der Waals surface area contributed by atoms with E-state index < -0.39 is 12.1 Å². The minimum atomic E-state index is -0.855. The van der Waals surface area contributed by atoms with Crippen LogP contribution in [0.2, 0.25) is 0 Å². The van der Waals surface area contributed by atoms with Crippen LogP contribution in [0.1, 0.15) is 12.8 Å². The monoisotopic (exact) mass is 159 g/mol. The zero-order chi connectivity index (χ0) is 8.27. The lowest BCUT2D eigenvalue weighted by Gasteiger charge is -2.02. The Kier molecular flexibility index (Phi) is 2.30. The van der Waals surface area contributed by atoms with Crippen molar-refractivity contribution in [3.8, 4) is 0 Å². The summed E-state index contributed by atoms with van der Waals surface area (Å²) in [6, 6.07) is -0.126. The van der Waals surface area contributed by atoms with Crippen molar-refractivity contribution in [2.45, 2.75) is 18.9 Å². The van der Waals surface area contributed by atoms with Gasteiger partial charge in [0.05, 0.1) is 6.04 Å². The van der Waals surface area contributed by atoms with Crippen LogP contribution in [0.3, 0.4) is 0 Å². The van der Waals surface area contributed by atoms with Gasteiger partial charge in [0.25, 0.3) is 0 Å². The highest BCUT2D eigenvalue weighted by molar-refractivity contribution is 5.70. The largest absolute Gasteiger partial charge is 0.481 e. The van der Waals surface area contributed by atoms with Gasteiger partial charge in [-0.05, 0) is 6.42 Å². The maximum atomic E-state index is 10.4. The number of carboxylic acids is 1. The fourth-order valence-corrected chi connectivity index (χ4v) is 0.879. The second-order valence-electron chi connectivity index (χ2n) is 2.37. The molecule has 62 valence electrons. The molecule has 1 aliphatic rings. The number of carboxylic acid groups (broad SMARTS) is 1. The lowest BCUT2D eigenvalue weighted by molar-refractivity contribution is -0.137. The summed E-state index contributed by atoms with van der Waals surface area (Å²) < 4.78 is 4.55. The molecule has 5 nitrogen and oxygen atoms in total. The number of alkyl carbamates (subject to hydrolysis) is 1. The predicted molar refractivity (Wildman–Crippen MR) is 35.1 cm³/mol. The Balaban J connectivity index is 2.18. The van der Waals surface area contributed by atoms with Crippen molar-refractivity contribution in [1.82, 2.24) is 5.32 Å². The normalized spacial score (nSPS) is 22.5. The highest BCUT2D eigenvalue weighted by Gasteiger charge is 2.22. The molecule has 0 unspecified atom stereocenters. The van der Waals surface area contributed by atoms with Crippen molar-refractivity contribution >= 4 is 12.1 Å². The Morgan fingerprint density at radius 2 is 2.55 bits per heavy atom. The number of cyclic esters (lactones) is 1. The molecule has 5 heteroatoms. The van der Waals surface area contributed by atoms with Gasteiger partial charge in [-0.25, -0.2) is 4.79 Å².